The number of ether oxygens (including phenoxy) is 1. The molecule has 132 valence electrons. The number of halogens is 1. The van der Waals surface area contributed by atoms with Gasteiger partial charge in [0.05, 0.1) is 5.69 Å². The van der Waals surface area contributed by atoms with Crippen LogP contribution in [0.3, 0.4) is 0 Å². The van der Waals surface area contributed by atoms with Crippen LogP contribution >= 0.6 is 27.3 Å². The van der Waals surface area contributed by atoms with Crippen molar-refractivity contribution >= 4 is 44.2 Å². The fourth-order valence-electron chi connectivity index (χ4n) is 2.15. The van der Waals surface area contributed by atoms with E-state index in [0.717, 1.165) is 15.7 Å². The van der Waals surface area contributed by atoms with Crippen molar-refractivity contribution in [3.63, 3.8) is 0 Å². The van der Waals surface area contributed by atoms with Crippen LogP contribution in [0.1, 0.15) is 10.4 Å². The number of nitrogens with one attached hydrogen (secondary N) is 1. The number of thiazole rings is 1. The smallest absolute Gasteiger partial charge is 0.264 e. The molecule has 0 aliphatic rings. The molecule has 6 nitrogen and oxygen atoms in total. The molecule has 1 heterocycles. The van der Waals surface area contributed by atoms with Crippen LogP contribution < -0.4 is 15.8 Å². The number of carbonyl (C=O) groups is 2. The lowest BCUT2D eigenvalue weighted by Gasteiger charge is -2.06. The van der Waals surface area contributed by atoms with Gasteiger partial charge in [-0.3, -0.25) is 14.9 Å². The van der Waals surface area contributed by atoms with Crippen molar-refractivity contribution in [2.45, 2.75) is 0 Å². The van der Waals surface area contributed by atoms with E-state index < -0.39 is 5.91 Å². The highest BCUT2D eigenvalue weighted by molar-refractivity contribution is 9.10. The third kappa shape index (κ3) is 4.68. The van der Waals surface area contributed by atoms with Gasteiger partial charge >= 0.3 is 0 Å². The average molecular weight is 432 g/mol. The standard InChI is InChI=1S/C18H14BrN3O3S/c19-13-5-1-3-11(7-13)15-10-26-18(21-15)22-16(23)9-25-14-6-2-4-12(8-14)17(20)24/h1-8,10H,9H2,(H2,20,24)(H,21,22,23). The van der Waals surface area contributed by atoms with Gasteiger partial charge in [0.2, 0.25) is 5.91 Å². The van der Waals surface area contributed by atoms with Crippen molar-refractivity contribution in [2.75, 3.05) is 11.9 Å². The maximum atomic E-state index is 12.0. The molecule has 0 radical (unpaired) electrons. The molecule has 0 saturated carbocycles. The Morgan fingerprint density at radius 3 is 2.77 bits per heavy atom. The number of nitrogens with zero attached hydrogens (tertiary/aromatic N) is 1. The zero-order valence-corrected chi connectivity index (χ0v) is 15.8. The first-order chi connectivity index (χ1) is 12.5. The minimum absolute atomic E-state index is 0.200. The van der Waals surface area contributed by atoms with Gasteiger partial charge in [0.1, 0.15) is 5.75 Å². The van der Waals surface area contributed by atoms with Gasteiger partial charge in [-0.05, 0) is 30.3 Å². The number of benzene rings is 2. The lowest BCUT2D eigenvalue weighted by atomic mass is 10.2. The summed E-state index contributed by atoms with van der Waals surface area (Å²) in [6.07, 6.45) is 0. The van der Waals surface area contributed by atoms with E-state index in [2.05, 4.69) is 26.2 Å². The molecule has 0 atom stereocenters. The summed E-state index contributed by atoms with van der Waals surface area (Å²) in [6.45, 7) is -0.200. The average Bonchev–Trinajstić information content (AvgIpc) is 3.09. The molecule has 0 bridgehead atoms. The summed E-state index contributed by atoms with van der Waals surface area (Å²) in [5.74, 6) is -0.502. The van der Waals surface area contributed by atoms with E-state index in [9.17, 15) is 9.59 Å². The molecule has 2 aromatic carbocycles. The molecule has 3 aromatic rings. The van der Waals surface area contributed by atoms with Gasteiger partial charge in [-0.1, -0.05) is 34.1 Å². The first-order valence-corrected chi connectivity index (χ1v) is 9.22. The van der Waals surface area contributed by atoms with Crippen molar-refractivity contribution in [3.8, 4) is 17.0 Å². The molecule has 0 spiro atoms. The Morgan fingerprint density at radius 1 is 1.19 bits per heavy atom. The number of nitrogens with two attached hydrogens (primary N) is 1. The van der Waals surface area contributed by atoms with E-state index in [0.29, 0.717) is 16.4 Å². The summed E-state index contributed by atoms with van der Waals surface area (Å²) in [5, 5.41) is 5.05. The van der Waals surface area contributed by atoms with Crippen molar-refractivity contribution in [1.29, 1.82) is 0 Å². The number of carbonyl (C=O) groups excluding carboxylic acids is 2. The molecule has 0 aliphatic heterocycles. The van der Waals surface area contributed by atoms with Gasteiger partial charge < -0.3 is 10.5 Å². The molecule has 0 aliphatic carbocycles. The van der Waals surface area contributed by atoms with Gasteiger partial charge in [0.15, 0.2) is 11.7 Å². The fourth-order valence-corrected chi connectivity index (χ4v) is 3.29. The fraction of sp³-hybridized carbons (Fsp3) is 0.0556. The highest BCUT2D eigenvalue weighted by Gasteiger charge is 2.10. The Labute approximate surface area is 162 Å². The summed E-state index contributed by atoms with van der Waals surface area (Å²) in [6, 6.07) is 14.1. The first kappa shape index (κ1) is 18.1. The molecular formula is C18H14BrN3O3S. The summed E-state index contributed by atoms with van der Waals surface area (Å²) in [5.41, 5.74) is 7.27. The molecule has 26 heavy (non-hydrogen) atoms. The molecule has 0 saturated heterocycles. The molecule has 8 heteroatoms. The van der Waals surface area contributed by atoms with Crippen molar-refractivity contribution in [1.82, 2.24) is 4.98 Å². The monoisotopic (exact) mass is 431 g/mol. The zero-order valence-electron chi connectivity index (χ0n) is 13.4. The van der Waals surface area contributed by atoms with Gasteiger partial charge in [-0.25, -0.2) is 4.98 Å². The Balaban J connectivity index is 1.59. The van der Waals surface area contributed by atoms with E-state index in [1.165, 1.54) is 17.4 Å². The van der Waals surface area contributed by atoms with Crippen LogP contribution in [0.4, 0.5) is 5.13 Å². The second-order valence-electron chi connectivity index (χ2n) is 5.28. The van der Waals surface area contributed by atoms with Crippen LogP contribution in [0, 0.1) is 0 Å². The molecule has 1 aromatic heterocycles. The number of hydrogen-bond donors (Lipinski definition) is 2. The third-order valence-corrected chi connectivity index (χ3v) is 4.61. The number of primary amides is 1. The molecule has 3 rings (SSSR count). The Hall–Kier alpha value is -2.71. The zero-order chi connectivity index (χ0) is 18.5. The molecular weight excluding hydrogens is 418 g/mol. The highest BCUT2D eigenvalue weighted by Crippen LogP contribution is 2.26. The second kappa shape index (κ2) is 8.11. The number of amides is 2. The summed E-state index contributed by atoms with van der Waals surface area (Å²) in [7, 11) is 0. The van der Waals surface area contributed by atoms with Crippen LogP contribution in [-0.4, -0.2) is 23.4 Å². The summed E-state index contributed by atoms with van der Waals surface area (Å²) < 4.78 is 6.35. The summed E-state index contributed by atoms with van der Waals surface area (Å²) >= 11 is 4.76. The van der Waals surface area contributed by atoms with Gasteiger partial charge in [-0.15, -0.1) is 11.3 Å². The molecule has 0 unspecified atom stereocenters. The van der Waals surface area contributed by atoms with E-state index in [1.54, 1.807) is 18.2 Å². The van der Waals surface area contributed by atoms with Crippen LogP contribution in [0.5, 0.6) is 5.75 Å². The first-order valence-electron chi connectivity index (χ1n) is 7.55. The number of aromatic nitrogens is 1. The minimum Gasteiger partial charge on any atom is -0.484 e. The lowest BCUT2D eigenvalue weighted by Crippen LogP contribution is -2.20. The second-order valence-corrected chi connectivity index (χ2v) is 7.05. The van der Waals surface area contributed by atoms with E-state index in [4.69, 9.17) is 10.5 Å². The summed E-state index contributed by atoms with van der Waals surface area (Å²) in [4.78, 5) is 27.6. The SMILES string of the molecule is NC(=O)c1cccc(OCC(=O)Nc2nc(-c3cccc(Br)c3)cs2)c1. The topological polar surface area (TPSA) is 94.3 Å². The predicted molar refractivity (Wildman–Crippen MR) is 104 cm³/mol. The van der Waals surface area contributed by atoms with Gasteiger partial charge in [-0.2, -0.15) is 0 Å². The van der Waals surface area contributed by atoms with Crippen LogP contribution in [0.2, 0.25) is 0 Å². The van der Waals surface area contributed by atoms with Crippen molar-refractivity contribution in [3.05, 3.63) is 63.9 Å². The Morgan fingerprint density at radius 2 is 2.00 bits per heavy atom. The van der Waals surface area contributed by atoms with Crippen molar-refractivity contribution in [2.24, 2.45) is 5.73 Å². The molecule has 0 fully saturated rings. The third-order valence-electron chi connectivity index (χ3n) is 3.36. The Bertz CT molecular complexity index is 958. The quantitative estimate of drug-likeness (QED) is 0.621. The molecule has 3 N–H and O–H groups in total. The van der Waals surface area contributed by atoms with Crippen LogP contribution in [0.15, 0.2) is 58.4 Å². The highest BCUT2D eigenvalue weighted by atomic mass is 79.9. The van der Waals surface area contributed by atoms with Crippen LogP contribution in [-0.2, 0) is 4.79 Å². The minimum atomic E-state index is -0.553. The predicted octanol–water partition coefficient (Wildman–Crippen LogP) is 3.69. The van der Waals surface area contributed by atoms with Gasteiger partial charge in [0.25, 0.3) is 5.91 Å². The number of anilines is 1. The lowest BCUT2D eigenvalue weighted by molar-refractivity contribution is -0.118. The molecule has 2 amide bonds. The van der Waals surface area contributed by atoms with E-state index in [1.807, 2.05) is 29.6 Å². The van der Waals surface area contributed by atoms with Crippen LogP contribution in [0.25, 0.3) is 11.3 Å². The number of hydrogen-bond acceptors (Lipinski definition) is 5. The van der Waals surface area contributed by atoms with Crippen molar-refractivity contribution < 1.29 is 14.3 Å². The number of rotatable bonds is 6. The largest absolute Gasteiger partial charge is 0.484 e. The van der Waals surface area contributed by atoms with E-state index in [-0.39, 0.29) is 12.5 Å². The van der Waals surface area contributed by atoms with E-state index >= 15 is 0 Å². The van der Waals surface area contributed by atoms with Gasteiger partial charge in [0, 0.05) is 21.0 Å². The Kier molecular flexibility index (Phi) is 5.65. The maximum absolute atomic E-state index is 12.0. The normalized spacial score (nSPS) is 10.3. The maximum Gasteiger partial charge on any atom is 0.264 e.